The molecule has 2 aromatic heterocycles. The van der Waals surface area contributed by atoms with E-state index in [0.29, 0.717) is 22.0 Å². The molecule has 3 aromatic carbocycles. The topological polar surface area (TPSA) is 111 Å². The molecule has 202 valence electrons. The molecule has 2 heterocycles. The summed E-state index contributed by atoms with van der Waals surface area (Å²) in [5, 5.41) is 21.7. The first-order chi connectivity index (χ1) is 19.3. The number of aromatic nitrogens is 3. The third kappa shape index (κ3) is 5.10. The lowest BCUT2D eigenvalue weighted by atomic mass is 9.95. The van der Waals surface area contributed by atoms with Crippen molar-refractivity contribution in [3.8, 4) is 27.5 Å². The van der Waals surface area contributed by atoms with Crippen molar-refractivity contribution >= 4 is 28.3 Å². The minimum Gasteiger partial charge on any atom is -0.476 e. The Labute approximate surface area is 234 Å². The Morgan fingerprint density at radius 2 is 1.77 bits per heavy atom. The van der Waals surface area contributed by atoms with Crippen LogP contribution in [0.15, 0.2) is 77.0 Å². The highest BCUT2D eigenvalue weighted by molar-refractivity contribution is 7.82. The highest BCUT2D eigenvalue weighted by atomic mass is 32.2. The Balaban J connectivity index is 1.53. The zero-order valence-corrected chi connectivity index (χ0v) is 22.5. The summed E-state index contributed by atoms with van der Waals surface area (Å²) in [5.74, 6) is -1.86. The van der Waals surface area contributed by atoms with E-state index in [4.69, 9.17) is 10.2 Å². The zero-order valence-electron chi connectivity index (χ0n) is 20.9. The summed E-state index contributed by atoms with van der Waals surface area (Å²) < 4.78 is 42.5. The molecule has 40 heavy (non-hydrogen) atoms. The average molecular weight is 577 g/mol. The summed E-state index contributed by atoms with van der Waals surface area (Å²) in [6.07, 6.45) is 2.00. The predicted octanol–water partition coefficient (Wildman–Crippen LogP) is 6.09. The van der Waals surface area contributed by atoms with E-state index in [1.165, 1.54) is 34.9 Å². The fourth-order valence-corrected chi connectivity index (χ4v) is 5.93. The summed E-state index contributed by atoms with van der Waals surface area (Å²) in [6, 6.07) is 18.1. The van der Waals surface area contributed by atoms with Crippen LogP contribution in [-0.2, 0) is 17.4 Å². The number of halogens is 2. The van der Waals surface area contributed by atoms with Crippen molar-refractivity contribution < 1.29 is 22.9 Å². The van der Waals surface area contributed by atoms with E-state index in [0.717, 1.165) is 35.2 Å². The molecule has 0 spiro atoms. The quantitative estimate of drug-likeness (QED) is 0.232. The van der Waals surface area contributed by atoms with Gasteiger partial charge in [-0.15, -0.1) is 11.3 Å². The number of rotatable bonds is 8. The maximum absolute atomic E-state index is 15.2. The maximum atomic E-state index is 15.2. The Morgan fingerprint density at radius 3 is 2.42 bits per heavy atom. The van der Waals surface area contributed by atoms with E-state index in [-0.39, 0.29) is 28.7 Å². The van der Waals surface area contributed by atoms with Crippen molar-refractivity contribution in [2.75, 3.05) is 0 Å². The second-order valence-electron chi connectivity index (χ2n) is 9.54. The van der Waals surface area contributed by atoms with Crippen LogP contribution >= 0.6 is 11.3 Å². The molecule has 1 aliphatic rings. The van der Waals surface area contributed by atoms with Gasteiger partial charge < -0.3 is 5.11 Å². The predicted molar refractivity (Wildman–Crippen MR) is 149 cm³/mol. The first-order valence-corrected chi connectivity index (χ1v) is 14.5. The average Bonchev–Trinajstić information content (AvgIpc) is 3.52. The van der Waals surface area contributed by atoms with E-state index in [9.17, 15) is 18.5 Å². The molecule has 3 N–H and O–H groups in total. The standard InChI is InChI=1S/C29H22F2N4O3S2/c30-21-6-2-4-18(12-21)17-3-1-5-20(11-17)26-23(13-19-9-10-22(40(32)38)14-24(19)31)27(16-7-8-16)35(34-26)29-33-25(15-39-29)28(36)37/h1-6,9-12,14-16H,7-8,13,32H2,(H,36,37). The highest BCUT2D eigenvalue weighted by Crippen LogP contribution is 2.46. The third-order valence-electron chi connectivity index (χ3n) is 6.80. The van der Waals surface area contributed by atoms with Crippen molar-refractivity contribution in [2.24, 2.45) is 5.14 Å². The van der Waals surface area contributed by atoms with Gasteiger partial charge in [0, 0.05) is 28.8 Å². The molecule has 0 aliphatic heterocycles. The number of hydrogen-bond acceptors (Lipinski definition) is 5. The largest absolute Gasteiger partial charge is 0.476 e. The lowest BCUT2D eigenvalue weighted by Gasteiger charge is -2.10. The number of hydrogen-bond donors (Lipinski definition) is 2. The van der Waals surface area contributed by atoms with Crippen LogP contribution < -0.4 is 5.14 Å². The van der Waals surface area contributed by atoms with Crippen LogP contribution in [0.25, 0.3) is 27.5 Å². The minimum atomic E-state index is -1.81. The molecule has 6 rings (SSSR count). The van der Waals surface area contributed by atoms with E-state index in [2.05, 4.69) is 4.98 Å². The van der Waals surface area contributed by atoms with Crippen molar-refractivity contribution in [1.29, 1.82) is 0 Å². The second kappa shape index (κ2) is 10.5. The summed E-state index contributed by atoms with van der Waals surface area (Å²) in [7, 11) is -1.81. The lowest BCUT2D eigenvalue weighted by Crippen LogP contribution is -2.06. The SMILES string of the molecule is NS(=O)c1ccc(Cc2c(-c3cccc(-c4cccc(F)c4)c3)nn(-c3nc(C(=O)O)cs3)c2C2CC2)c(F)c1. The van der Waals surface area contributed by atoms with Crippen molar-refractivity contribution in [3.63, 3.8) is 0 Å². The van der Waals surface area contributed by atoms with Gasteiger partial charge in [0.05, 0.1) is 16.3 Å². The van der Waals surface area contributed by atoms with Gasteiger partial charge >= 0.3 is 5.97 Å². The Bertz CT molecular complexity index is 1800. The highest BCUT2D eigenvalue weighted by Gasteiger charge is 2.34. The number of carboxylic acid groups (broad SMARTS) is 1. The normalized spacial score (nSPS) is 13.9. The van der Waals surface area contributed by atoms with E-state index in [1.54, 1.807) is 22.9 Å². The number of nitrogens with two attached hydrogens (primary N) is 1. The molecule has 1 fully saturated rings. The summed E-state index contributed by atoms with van der Waals surface area (Å²) in [4.78, 5) is 16.0. The van der Waals surface area contributed by atoms with Crippen molar-refractivity contribution in [2.45, 2.75) is 30.1 Å². The summed E-state index contributed by atoms with van der Waals surface area (Å²) >= 11 is 1.17. The number of carboxylic acids is 1. The van der Waals surface area contributed by atoms with Gasteiger partial charge in [0.2, 0.25) is 5.13 Å². The van der Waals surface area contributed by atoms with E-state index in [1.807, 2.05) is 30.3 Å². The smallest absolute Gasteiger partial charge is 0.355 e. The van der Waals surface area contributed by atoms with Gasteiger partial charge in [0.25, 0.3) is 0 Å². The molecule has 5 aromatic rings. The second-order valence-corrected chi connectivity index (χ2v) is 11.4. The fourth-order valence-electron chi connectivity index (χ4n) is 4.75. The van der Waals surface area contributed by atoms with Crippen LogP contribution in [0, 0.1) is 11.6 Å². The fraction of sp³-hybridized carbons (Fsp3) is 0.138. The molecular formula is C29H22F2N4O3S2. The van der Waals surface area contributed by atoms with Gasteiger partial charge in [-0.25, -0.2) is 32.6 Å². The Hall–Kier alpha value is -4.06. The number of carbonyl (C=O) groups is 1. The number of benzene rings is 3. The Morgan fingerprint density at radius 1 is 1.05 bits per heavy atom. The molecule has 1 atom stereocenters. The van der Waals surface area contributed by atoms with Gasteiger partial charge in [-0.2, -0.15) is 5.10 Å². The molecule has 1 saturated carbocycles. The van der Waals surface area contributed by atoms with Crippen LogP contribution in [0.1, 0.15) is 46.1 Å². The van der Waals surface area contributed by atoms with Crippen LogP contribution in [-0.4, -0.2) is 30.0 Å². The number of thiazole rings is 1. The molecule has 0 bridgehead atoms. The van der Waals surface area contributed by atoms with Gasteiger partial charge in [-0.3, -0.25) is 0 Å². The van der Waals surface area contributed by atoms with Crippen LogP contribution in [0.3, 0.4) is 0 Å². The first kappa shape index (κ1) is 26.2. The molecule has 0 radical (unpaired) electrons. The van der Waals surface area contributed by atoms with Crippen LogP contribution in [0.5, 0.6) is 0 Å². The monoisotopic (exact) mass is 576 g/mol. The maximum Gasteiger partial charge on any atom is 0.355 e. The summed E-state index contributed by atoms with van der Waals surface area (Å²) in [5.41, 5.74) is 4.76. The van der Waals surface area contributed by atoms with Crippen molar-refractivity contribution in [1.82, 2.24) is 14.8 Å². The lowest BCUT2D eigenvalue weighted by molar-refractivity contribution is 0.0691. The Kier molecular flexibility index (Phi) is 6.87. The van der Waals surface area contributed by atoms with Crippen LogP contribution in [0.4, 0.5) is 8.78 Å². The van der Waals surface area contributed by atoms with Gasteiger partial charge in [-0.1, -0.05) is 36.4 Å². The minimum absolute atomic E-state index is 0.0788. The van der Waals surface area contributed by atoms with Gasteiger partial charge in [0.1, 0.15) is 22.6 Å². The zero-order chi connectivity index (χ0) is 28.0. The number of nitrogens with zero attached hydrogens (tertiary/aromatic N) is 3. The van der Waals surface area contributed by atoms with Gasteiger partial charge in [0.15, 0.2) is 5.69 Å². The molecule has 11 heteroatoms. The first-order valence-electron chi connectivity index (χ1n) is 12.4. The molecule has 1 unspecified atom stereocenters. The van der Waals surface area contributed by atoms with Crippen molar-refractivity contribution in [3.05, 3.63) is 106 Å². The molecule has 1 aliphatic carbocycles. The number of aromatic carboxylic acids is 1. The third-order valence-corrected chi connectivity index (χ3v) is 8.33. The molecular weight excluding hydrogens is 554 g/mol. The molecule has 7 nitrogen and oxygen atoms in total. The molecule has 0 saturated heterocycles. The van der Waals surface area contributed by atoms with E-state index < -0.39 is 22.8 Å². The molecule has 0 amide bonds. The van der Waals surface area contributed by atoms with E-state index >= 15 is 4.39 Å². The van der Waals surface area contributed by atoms with Gasteiger partial charge in [-0.05, 0) is 59.9 Å². The summed E-state index contributed by atoms with van der Waals surface area (Å²) in [6.45, 7) is 0. The van der Waals surface area contributed by atoms with Crippen LogP contribution in [0.2, 0.25) is 0 Å².